The largest absolute Gasteiger partial charge is 0.379 e. The molecule has 2 atom stereocenters. The molecule has 0 saturated carbocycles. The molecule has 2 nitrogen and oxygen atoms in total. The molecule has 1 heterocycles. The Kier molecular flexibility index (Phi) is 5.07. The maximum absolute atomic E-state index is 5.44. The van der Waals surface area contributed by atoms with Crippen molar-refractivity contribution in [1.29, 1.82) is 0 Å². The third-order valence-corrected chi connectivity index (χ3v) is 3.23. The smallest absolute Gasteiger partial charge is 0.0646 e. The van der Waals surface area contributed by atoms with Crippen LogP contribution in [-0.2, 0) is 4.74 Å². The van der Waals surface area contributed by atoms with E-state index in [0.717, 1.165) is 25.6 Å². The van der Waals surface area contributed by atoms with Gasteiger partial charge in [0.2, 0.25) is 0 Å². The Labute approximate surface area is 94.8 Å². The maximum Gasteiger partial charge on any atom is 0.0646 e. The Balaban J connectivity index is 2.14. The number of ether oxygens (including phenoxy) is 1. The molecule has 0 radical (unpaired) electrons. The van der Waals surface area contributed by atoms with Gasteiger partial charge < -0.3 is 10.1 Å². The van der Waals surface area contributed by atoms with E-state index in [9.17, 15) is 0 Å². The van der Waals surface area contributed by atoms with E-state index in [2.05, 4.69) is 33.0 Å². The summed E-state index contributed by atoms with van der Waals surface area (Å²) in [6, 6.07) is 0.621. The average Bonchev–Trinajstić information content (AvgIpc) is 2.50. The summed E-state index contributed by atoms with van der Waals surface area (Å²) in [7, 11) is 0. The lowest BCUT2D eigenvalue weighted by Gasteiger charge is -2.28. The van der Waals surface area contributed by atoms with Gasteiger partial charge in [-0.2, -0.15) is 0 Å². The lowest BCUT2D eigenvalue weighted by atomic mass is 9.98. The predicted molar refractivity (Wildman–Crippen MR) is 65.1 cm³/mol. The first-order chi connectivity index (χ1) is 7.02. The van der Waals surface area contributed by atoms with Gasteiger partial charge in [-0.25, -0.2) is 0 Å². The molecule has 1 saturated heterocycles. The molecule has 1 fully saturated rings. The van der Waals surface area contributed by atoms with Gasteiger partial charge in [-0.15, -0.1) is 0 Å². The Morgan fingerprint density at radius 3 is 2.53 bits per heavy atom. The second kappa shape index (κ2) is 5.86. The van der Waals surface area contributed by atoms with Crippen LogP contribution in [0.4, 0.5) is 0 Å². The van der Waals surface area contributed by atoms with Crippen LogP contribution in [0.15, 0.2) is 0 Å². The fourth-order valence-corrected chi connectivity index (χ4v) is 2.28. The molecule has 2 unspecified atom stereocenters. The van der Waals surface area contributed by atoms with Gasteiger partial charge in [0.15, 0.2) is 0 Å². The molecular weight excluding hydrogens is 186 g/mol. The monoisotopic (exact) mass is 213 g/mol. The fourth-order valence-electron chi connectivity index (χ4n) is 2.28. The van der Waals surface area contributed by atoms with Gasteiger partial charge in [0.05, 0.1) is 6.61 Å². The molecule has 0 spiro atoms. The van der Waals surface area contributed by atoms with Crippen LogP contribution in [0.25, 0.3) is 0 Å². The van der Waals surface area contributed by atoms with Gasteiger partial charge >= 0.3 is 0 Å². The van der Waals surface area contributed by atoms with E-state index in [1.165, 1.54) is 19.3 Å². The highest BCUT2D eigenvalue weighted by Crippen LogP contribution is 2.19. The molecule has 1 N–H and O–H groups in total. The zero-order valence-corrected chi connectivity index (χ0v) is 10.8. The highest BCUT2D eigenvalue weighted by Gasteiger charge is 2.30. The second-order valence-electron chi connectivity index (χ2n) is 5.73. The summed E-state index contributed by atoms with van der Waals surface area (Å²) >= 11 is 0. The van der Waals surface area contributed by atoms with E-state index >= 15 is 0 Å². The number of nitrogens with one attached hydrogen (secondary N) is 1. The van der Waals surface area contributed by atoms with Crippen molar-refractivity contribution in [2.45, 2.75) is 65.0 Å². The molecule has 1 rings (SSSR count). The highest BCUT2D eigenvalue weighted by molar-refractivity contribution is 4.88. The van der Waals surface area contributed by atoms with E-state index < -0.39 is 0 Å². The molecule has 0 amide bonds. The summed E-state index contributed by atoms with van der Waals surface area (Å²) in [6.07, 6.45) is 5.12. The van der Waals surface area contributed by atoms with Crippen molar-refractivity contribution in [2.75, 3.05) is 13.2 Å². The van der Waals surface area contributed by atoms with Gasteiger partial charge in [-0.05, 0) is 32.6 Å². The van der Waals surface area contributed by atoms with Gasteiger partial charge in [-0.1, -0.05) is 26.7 Å². The molecule has 1 aliphatic heterocycles. The first-order valence-corrected chi connectivity index (χ1v) is 6.37. The van der Waals surface area contributed by atoms with Crippen LogP contribution in [0.1, 0.15) is 53.4 Å². The van der Waals surface area contributed by atoms with Crippen LogP contribution in [0.2, 0.25) is 0 Å². The minimum Gasteiger partial charge on any atom is -0.379 e. The molecule has 90 valence electrons. The van der Waals surface area contributed by atoms with Crippen molar-refractivity contribution in [3.05, 3.63) is 0 Å². The van der Waals surface area contributed by atoms with Crippen molar-refractivity contribution in [3.8, 4) is 0 Å². The summed E-state index contributed by atoms with van der Waals surface area (Å²) in [5.74, 6) is 0.836. The van der Waals surface area contributed by atoms with Gasteiger partial charge in [0, 0.05) is 18.2 Å². The Hall–Kier alpha value is -0.0800. The predicted octanol–water partition coefficient (Wildman–Crippen LogP) is 2.97. The van der Waals surface area contributed by atoms with Crippen LogP contribution in [0.5, 0.6) is 0 Å². The van der Waals surface area contributed by atoms with Crippen LogP contribution in [0.3, 0.4) is 0 Å². The highest BCUT2D eigenvalue weighted by atomic mass is 16.5. The molecule has 0 aromatic carbocycles. The molecule has 0 aromatic heterocycles. The van der Waals surface area contributed by atoms with E-state index in [1.807, 2.05) is 0 Å². The van der Waals surface area contributed by atoms with Gasteiger partial charge in [0.1, 0.15) is 0 Å². The van der Waals surface area contributed by atoms with Crippen LogP contribution in [-0.4, -0.2) is 24.8 Å². The minimum atomic E-state index is 0.233. The van der Waals surface area contributed by atoms with Crippen molar-refractivity contribution >= 4 is 0 Å². The third-order valence-electron chi connectivity index (χ3n) is 3.23. The summed E-state index contributed by atoms with van der Waals surface area (Å²) in [5.41, 5.74) is 0.233. The number of hydrogen-bond acceptors (Lipinski definition) is 2. The maximum atomic E-state index is 5.44. The van der Waals surface area contributed by atoms with E-state index in [0.29, 0.717) is 6.04 Å². The van der Waals surface area contributed by atoms with Gasteiger partial charge in [-0.3, -0.25) is 0 Å². The van der Waals surface area contributed by atoms with E-state index in [-0.39, 0.29) is 5.54 Å². The molecular formula is C13H27NO. The Morgan fingerprint density at radius 1 is 1.27 bits per heavy atom. The molecule has 0 aromatic rings. The standard InChI is InChI=1S/C13H27NO/c1-11(2)6-5-7-12(3)14-13(4)8-9-15-10-13/h11-12,14H,5-10H2,1-4H3. The van der Waals surface area contributed by atoms with Crippen LogP contribution in [0, 0.1) is 5.92 Å². The van der Waals surface area contributed by atoms with Crippen molar-refractivity contribution in [2.24, 2.45) is 5.92 Å². The lowest BCUT2D eigenvalue weighted by Crippen LogP contribution is -2.47. The quantitative estimate of drug-likeness (QED) is 0.732. The first-order valence-electron chi connectivity index (χ1n) is 6.37. The van der Waals surface area contributed by atoms with Crippen molar-refractivity contribution < 1.29 is 4.74 Å². The van der Waals surface area contributed by atoms with Crippen LogP contribution >= 0.6 is 0 Å². The average molecular weight is 213 g/mol. The van der Waals surface area contributed by atoms with Crippen LogP contribution < -0.4 is 5.32 Å². The summed E-state index contributed by atoms with van der Waals surface area (Å²) in [5, 5.41) is 3.70. The normalized spacial score (nSPS) is 28.6. The topological polar surface area (TPSA) is 21.3 Å². The first kappa shape index (κ1) is 13.0. The third kappa shape index (κ3) is 4.98. The fraction of sp³-hybridized carbons (Fsp3) is 1.00. The summed E-state index contributed by atoms with van der Waals surface area (Å²) in [6.45, 7) is 11.0. The Morgan fingerprint density at radius 2 is 2.00 bits per heavy atom. The molecule has 2 heteroatoms. The summed E-state index contributed by atoms with van der Waals surface area (Å²) in [4.78, 5) is 0. The second-order valence-corrected chi connectivity index (χ2v) is 5.73. The SMILES string of the molecule is CC(C)CCCC(C)NC1(C)CCOC1. The molecule has 15 heavy (non-hydrogen) atoms. The van der Waals surface area contributed by atoms with Gasteiger partial charge in [0.25, 0.3) is 0 Å². The Bertz CT molecular complexity index is 173. The molecule has 0 aliphatic carbocycles. The molecule has 0 bridgehead atoms. The lowest BCUT2D eigenvalue weighted by molar-refractivity contribution is 0.166. The zero-order chi connectivity index (χ0) is 11.3. The van der Waals surface area contributed by atoms with Crippen molar-refractivity contribution in [1.82, 2.24) is 5.32 Å². The van der Waals surface area contributed by atoms with E-state index in [4.69, 9.17) is 4.74 Å². The molecule has 1 aliphatic rings. The zero-order valence-electron chi connectivity index (χ0n) is 10.8. The summed E-state index contributed by atoms with van der Waals surface area (Å²) < 4.78 is 5.44. The number of hydrogen-bond donors (Lipinski definition) is 1. The minimum absolute atomic E-state index is 0.233. The van der Waals surface area contributed by atoms with Crippen molar-refractivity contribution in [3.63, 3.8) is 0 Å². The number of rotatable bonds is 6. The van der Waals surface area contributed by atoms with E-state index in [1.54, 1.807) is 0 Å².